The molecule has 0 saturated heterocycles. The van der Waals surface area contributed by atoms with Gasteiger partial charge in [-0.2, -0.15) is 0 Å². The fraction of sp³-hybridized carbons (Fsp3) is 0.242. The van der Waals surface area contributed by atoms with E-state index < -0.39 is 5.97 Å². The number of nitrogens with one attached hydrogen (secondary N) is 1. The Morgan fingerprint density at radius 1 is 1.00 bits per heavy atom. The van der Waals surface area contributed by atoms with Gasteiger partial charge in [-0.3, -0.25) is 9.78 Å². The van der Waals surface area contributed by atoms with Crippen LogP contribution in [0.1, 0.15) is 58.8 Å². The molecule has 0 aliphatic heterocycles. The lowest BCUT2D eigenvalue weighted by Crippen LogP contribution is -2.19. The number of carboxylic acid groups (broad SMARTS) is 1. The Bertz CT molecular complexity index is 1990. The van der Waals surface area contributed by atoms with Gasteiger partial charge in [0.05, 0.1) is 32.8 Å². The van der Waals surface area contributed by atoms with Gasteiger partial charge < -0.3 is 15.0 Å². The Kier molecular flexibility index (Phi) is 7.24. The summed E-state index contributed by atoms with van der Waals surface area (Å²) in [4.78, 5) is 39.3. The van der Waals surface area contributed by atoms with Crippen LogP contribution in [0.2, 0.25) is 0 Å². The monoisotopic (exact) mass is 607 g/mol. The minimum Gasteiger partial charge on any atom is -0.477 e. The van der Waals surface area contributed by atoms with Gasteiger partial charge >= 0.3 is 5.97 Å². The molecule has 5 aromatic heterocycles. The standard InChI is InChI=1S/C33H29N5O3S2/c1-19-11-12-34-25(15-19)24-10-7-21-16-22(8-9-23(21)36-24)30-29(20-5-3-2-4-6-20)31-26(17-27(43-31)32(40)41)38(30)18-28(39)37-33-35-13-14-42-33/h7-17,20H,2-6,18H2,1H3,(H,40,41)(H,35,37,39). The van der Waals surface area contributed by atoms with E-state index in [0.717, 1.165) is 80.6 Å². The Morgan fingerprint density at radius 3 is 2.63 bits per heavy atom. The molecule has 1 fully saturated rings. The molecule has 0 radical (unpaired) electrons. The lowest BCUT2D eigenvalue weighted by atomic mass is 9.83. The average Bonchev–Trinajstić information content (AvgIpc) is 3.75. The van der Waals surface area contributed by atoms with Crippen molar-refractivity contribution < 1.29 is 14.7 Å². The van der Waals surface area contributed by atoms with E-state index in [0.29, 0.717) is 11.0 Å². The Balaban J connectivity index is 1.38. The number of benzene rings is 1. The zero-order chi connectivity index (χ0) is 29.5. The predicted molar refractivity (Wildman–Crippen MR) is 172 cm³/mol. The van der Waals surface area contributed by atoms with E-state index in [1.165, 1.54) is 29.1 Å². The molecule has 0 unspecified atom stereocenters. The number of hydrogen-bond donors (Lipinski definition) is 2. The summed E-state index contributed by atoms with van der Waals surface area (Å²) in [6.07, 6.45) is 9.01. The normalized spacial score (nSPS) is 14.0. The summed E-state index contributed by atoms with van der Waals surface area (Å²) in [6.45, 7) is 2.08. The summed E-state index contributed by atoms with van der Waals surface area (Å²) < 4.78 is 2.96. The van der Waals surface area contributed by atoms with E-state index in [2.05, 4.69) is 33.5 Å². The van der Waals surface area contributed by atoms with Crippen LogP contribution < -0.4 is 5.32 Å². The number of carbonyl (C=O) groups is 2. The molecule has 10 heteroatoms. The van der Waals surface area contributed by atoms with E-state index in [-0.39, 0.29) is 17.3 Å². The molecular weight excluding hydrogens is 579 g/mol. The number of carbonyl (C=O) groups excluding carboxylic acids is 1. The first-order valence-electron chi connectivity index (χ1n) is 14.4. The number of aryl methyl sites for hydroxylation is 1. The van der Waals surface area contributed by atoms with E-state index >= 15 is 0 Å². The molecule has 6 aromatic rings. The largest absolute Gasteiger partial charge is 0.477 e. The number of rotatable bonds is 7. The van der Waals surface area contributed by atoms with Crippen molar-refractivity contribution in [3.05, 3.63) is 82.3 Å². The Labute approximate surface area is 256 Å². The van der Waals surface area contributed by atoms with Gasteiger partial charge in [0, 0.05) is 23.2 Å². The first kappa shape index (κ1) is 27.4. The van der Waals surface area contributed by atoms with Gasteiger partial charge in [-0.05, 0) is 78.8 Å². The molecule has 1 aliphatic carbocycles. The molecule has 216 valence electrons. The molecule has 5 heterocycles. The van der Waals surface area contributed by atoms with Crippen molar-refractivity contribution in [2.45, 2.75) is 51.5 Å². The minimum atomic E-state index is -0.952. The van der Waals surface area contributed by atoms with Gasteiger partial charge in [-0.25, -0.2) is 14.8 Å². The number of thiazole rings is 1. The number of pyridine rings is 2. The summed E-state index contributed by atoms with van der Waals surface area (Å²) in [5.41, 5.74) is 7.54. The number of aromatic nitrogens is 4. The van der Waals surface area contributed by atoms with Crippen LogP contribution in [0.5, 0.6) is 0 Å². The average molecular weight is 608 g/mol. The number of carboxylic acids is 1. The maximum absolute atomic E-state index is 13.3. The number of nitrogens with zero attached hydrogens (tertiary/aromatic N) is 4. The lowest BCUT2D eigenvalue weighted by molar-refractivity contribution is -0.116. The smallest absolute Gasteiger partial charge is 0.345 e. The van der Waals surface area contributed by atoms with Crippen molar-refractivity contribution in [2.75, 3.05) is 5.32 Å². The molecule has 2 N–H and O–H groups in total. The van der Waals surface area contributed by atoms with Crippen molar-refractivity contribution in [2.24, 2.45) is 0 Å². The molecule has 0 spiro atoms. The van der Waals surface area contributed by atoms with Gasteiger partial charge in [0.2, 0.25) is 5.91 Å². The molecule has 43 heavy (non-hydrogen) atoms. The van der Waals surface area contributed by atoms with Crippen molar-refractivity contribution in [3.63, 3.8) is 0 Å². The van der Waals surface area contributed by atoms with Crippen LogP contribution in [0.4, 0.5) is 5.13 Å². The summed E-state index contributed by atoms with van der Waals surface area (Å²) in [5.74, 6) is -0.866. The van der Waals surface area contributed by atoms with E-state index in [4.69, 9.17) is 4.98 Å². The second-order valence-corrected chi connectivity index (χ2v) is 13.0. The van der Waals surface area contributed by atoms with Crippen molar-refractivity contribution in [3.8, 4) is 22.6 Å². The van der Waals surface area contributed by atoms with E-state index in [9.17, 15) is 14.7 Å². The number of anilines is 1. The maximum Gasteiger partial charge on any atom is 0.345 e. The molecule has 7 rings (SSSR count). The molecule has 1 aliphatic rings. The fourth-order valence-electron chi connectivity index (χ4n) is 6.18. The first-order valence-corrected chi connectivity index (χ1v) is 16.1. The number of amides is 1. The molecule has 1 aromatic carbocycles. The summed E-state index contributed by atoms with van der Waals surface area (Å²) in [6, 6.07) is 16.0. The van der Waals surface area contributed by atoms with Gasteiger partial charge in [0.25, 0.3) is 0 Å². The third-order valence-corrected chi connectivity index (χ3v) is 9.95. The quantitative estimate of drug-likeness (QED) is 0.190. The highest BCUT2D eigenvalue weighted by atomic mass is 32.1. The fourth-order valence-corrected chi connectivity index (χ4v) is 7.85. The topological polar surface area (TPSA) is 110 Å². The van der Waals surface area contributed by atoms with Crippen LogP contribution in [0, 0.1) is 6.92 Å². The molecular formula is C33H29N5O3S2. The minimum absolute atomic E-state index is 0.0438. The van der Waals surface area contributed by atoms with Gasteiger partial charge in [0.15, 0.2) is 5.13 Å². The maximum atomic E-state index is 13.3. The van der Waals surface area contributed by atoms with Gasteiger partial charge in [0.1, 0.15) is 11.4 Å². The van der Waals surface area contributed by atoms with Crippen LogP contribution in [-0.2, 0) is 11.3 Å². The molecule has 0 atom stereocenters. The van der Waals surface area contributed by atoms with Gasteiger partial charge in [-0.15, -0.1) is 22.7 Å². The Morgan fingerprint density at radius 2 is 1.86 bits per heavy atom. The van der Waals surface area contributed by atoms with Crippen LogP contribution >= 0.6 is 22.7 Å². The molecule has 1 amide bonds. The highest BCUT2D eigenvalue weighted by molar-refractivity contribution is 7.21. The van der Waals surface area contributed by atoms with E-state index in [1.54, 1.807) is 18.5 Å². The summed E-state index contributed by atoms with van der Waals surface area (Å²) >= 11 is 2.67. The third kappa shape index (κ3) is 5.32. The van der Waals surface area contributed by atoms with Crippen LogP contribution in [-0.4, -0.2) is 36.5 Å². The van der Waals surface area contributed by atoms with Crippen LogP contribution in [0.15, 0.2) is 66.3 Å². The number of fused-ring (bicyclic) bond motifs is 2. The third-order valence-electron chi connectivity index (χ3n) is 8.12. The summed E-state index contributed by atoms with van der Waals surface area (Å²) in [7, 11) is 0. The van der Waals surface area contributed by atoms with Crippen LogP contribution in [0.25, 0.3) is 43.8 Å². The first-order chi connectivity index (χ1) is 20.9. The highest BCUT2D eigenvalue weighted by Crippen LogP contribution is 2.47. The number of thiophene rings is 1. The SMILES string of the molecule is Cc1ccnc(-c2ccc3cc(-c4c(C5CCCCC5)c5sc(C(=O)O)cc5n4CC(=O)Nc4nccs4)ccc3n2)c1. The molecule has 0 bridgehead atoms. The number of hydrogen-bond acceptors (Lipinski definition) is 7. The molecule has 8 nitrogen and oxygen atoms in total. The van der Waals surface area contributed by atoms with Crippen molar-refractivity contribution in [1.29, 1.82) is 0 Å². The lowest BCUT2D eigenvalue weighted by Gasteiger charge is -2.23. The van der Waals surface area contributed by atoms with Gasteiger partial charge in [-0.1, -0.05) is 31.4 Å². The van der Waals surface area contributed by atoms with Crippen LogP contribution in [0.3, 0.4) is 0 Å². The number of aromatic carboxylic acids is 1. The van der Waals surface area contributed by atoms with E-state index in [1.807, 2.05) is 41.1 Å². The second kappa shape index (κ2) is 11.3. The zero-order valence-corrected chi connectivity index (χ0v) is 25.2. The Hall–Kier alpha value is -4.41. The molecule has 1 saturated carbocycles. The summed E-state index contributed by atoms with van der Waals surface area (Å²) in [5, 5.41) is 16.1. The predicted octanol–water partition coefficient (Wildman–Crippen LogP) is 8.13. The highest BCUT2D eigenvalue weighted by Gasteiger charge is 2.30. The van der Waals surface area contributed by atoms with Crippen molar-refractivity contribution >= 4 is 60.8 Å². The second-order valence-electron chi connectivity index (χ2n) is 11.0. The zero-order valence-electron chi connectivity index (χ0n) is 23.5. The van der Waals surface area contributed by atoms with Crippen molar-refractivity contribution in [1.82, 2.24) is 19.5 Å².